The Hall–Kier alpha value is -2.04. The number of nitrogens with zero attached hydrogens (tertiary/aromatic N) is 1. The number of carbonyl (C=O) groups is 2. The maximum absolute atomic E-state index is 12.0. The Balaban J connectivity index is 2.45. The molecule has 1 aromatic rings. The second-order valence-electron chi connectivity index (χ2n) is 4.16. The van der Waals surface area contributed by atoms with Gasteiger partial charge in [0.05, 0.1) is 13.5 Å². The van der Waals surface area contributed by atoms with E-state index in [0.717, 1.165) is 0 Å². The Morgan fingerprint density at radius 3 is 2.47 bits per heavy atom. The van der Waals surface area contributed by atoms with Crippen molar-refractivity contribution in [3.05, 3.63) is 30.3 Å². The normalized spacial score (nSPS) is 11.5. The minimum atomic E-state index is -0.593. The summed E-state index contributed by atoms with van der Waals surface area (Å²) >= 11 is 0. The zero-order valence-corrected chi connectivity index (χ0v) is 11.5. The molecule has 1 rings (SSSR count). The maximum atomic E-state index is 12.0. The van der Waals surface area contributed by atoms with Crippen LogP contribution in [0.4, 0.5) is 0 Å². The summed E-state index contributed by atoms with van der Waals surface area (Å²) in [7, 11) is 2.96. The number of carbonyl (C=O) groups excluding carboxylic acids is 2. The molecule has 0 aliphatic rings. The molecular weight excluding hydrogens is 246 g/mol. The van der Waals surface area contributed by atoms with Crippen molar-refractivity contribution in [1.82, 2.24) is 4.90 Å². The number of esters is 1. The predicted molar refractivity (Wildman–Crippen MR) is 70.8 cm³/mol. The lowest BCUT2D eigenvalue weighted by Gasteiger charge is -2.21. The van der Waals surface area contributed by atoms with Gasteiger partial charge in [-0.2, -0.15) is 0 Å². The van der Waals surface area contributed by atoms with E-state index in [1.807, 2.05) is 18.2 Å². The molecule has 104 valence electrons. The zero-order chi connectivity index (χ0) is 14.3. The molecule has 1 unspecified atom stereocenters. The highest BCUT2D eigenvalue weighted by atomic mass is 16.5. The first-order valence-electron chi connectivity index (χ1n) is 6.08. The summed E-state index contributed by atoms with van der Waals surface area (Å²) in [5, 5.41) is 0. The minimum Gasteiger partial charge on any atom is -0.481 e. The summed E-state index contributed by atoms with van der Waals surface area (Å²) in [5.41, 5.74) is 0. The van der Waals surface area contributed by atoms with Crippen LogP contribution in [0.15, 0.2) is 30.3 Å². The Kier molecular flexibility index (Phi) is 5.85. The van der Waals surface area contributed by atoms with E-state index in [4.69, 9.17) is 4.74 Å². The van der Waals surface area contributed by atoms with Gasteiger partial charge in [0, 0.05) is 13.6 Å². The van der Waals surface area contributed by atoms with Gasteiger partial charge in [-0.25, -0.2) is 0 Å². The third-order valence-corrected chi connectivity index (χ3v) is 2.66. The molecule has 1 amide bonds. The first kappa shape index (κ1) is 15.0. The molecule has 0 fully saturated rings. The number of hydrogen-bond acceptors (Lipinski definition) is 4. The van der Waals surface area contributed by atoms with Gasteiger partial charge in [-0.05, 0) is 19.1 Å². The average Bonchev–Trinajstić information content (AvgIpc) is 2.44. The second-order valence-corrected chi connectivity index (χ2v) is 4.16. The number of rotatable bonds is 6. The topological polar surface area (TPSA) is 55.8 Å². The monoisotopic (exact) mass is 265 g/mol. The van der Waals surface area contributed by atoms with Crippen LogP contribution in [0.25, 0.3) is 0 Å². The average molecular weight is 265 g/mol. The van der Waals surface area contributed by atoms with Crippen molar-refractivity contribution in [2.24, 2.45) is 0 Å². The lowest BCUT2D eigenvalue weighted by atomic mass is 10.3. The lowest BCUT2D eigenvalue weighted by Crippen LogP contribution is -2.39. The van der Waals surface area contributed by atoms with Crippen molar-refractivity contribution < 1.29 is 19.1 Å². The van der Waals surface area contributed by atoms with Crippen LogP contribution in [0.2, 0.25) is 0 Å². The highest BCUT2D eigenvalue weighted by Gasteiger charge is 2.19. The van der Waals surface area contributed by atoms with Crippen LogP contribution < -0.4 is 4.74 Å². The largest absolute Gasteiger partial charge is 0.481 e. The van der Waals surface area contributed by atoms with E-state index in [1.54, 1.807) is 26.1 Å². The van der Waals surface area contributed by atoms with E-state index in [1.165, 1.54) is 12.0 Å². The molecule has 1 aromatic carbocycles. The summed E-state index contributed by atoms with van der Waals surface area (Å²) in [6.07, 6.45) is -0.415. The van der Waals surface area contributed by atoms with Crippen LogP contribution in [-0.4, -0.2) is 43.6 Å². The van der Waals surface area contributed by atoms with Gasteiger partial charge in [0.15, 0.2) is 6.10 Å². The van der Waals surface area contributed by atoms with Crippen LogP contribution in [0.3, 0.4) is 0 Å². The summed E-state index contributed by atoms with van der Waals surface area (Å²) in [4.78, 5) is 24.5. The Morgan fingerprint density at radius 1 is 1.26 bits per heavy atom. The molecule has 0 aliphatic carbocycles. The number of likely N-dealkylation sites (N-methyl/N-ethyl adjacent to an activating group) is 1. The highest BCUT2D eigenvalue weighted by molar-refractivity contribution is 5.81. The third-order valence-electron chi connectivity index (χ3n) is 2.66. The van der Waals surface area contributed by atoms with E-state index in [9.17, 15) is 9.59 Å². The smallest absolute Gasteiger partial charge is 0.307 e. The first-order valence-corrected chi connectivity index (χ1v) is 6.08. The van der Waals surface area contributed by atoms with Gasteiger partial charge in [-0.3, -0.25) is 9.59 Å². The van der Waals surface area contributed by atoms with Crippen molar-refractivity contribution in [1.29, 1.82) is 0 Å². The van der Waals surface area contributed by atoms with Crippen LogP contribution >= 0.6 is 0 Å². The molecule has 0 spiro atoms. The number of ether oxygens (including phenoxy) is 2. The highest BCUT2D eigenvalue weighted by Crippen LogP contribution is 2.11. The fourth-order valence-electron chi connectivity index (χ4n) is 1.54. The summed E-state index contributed by atoms with van der Waals surface area (Å²) in [6, 6.07) is 9.14. The predicted octanol–water partition coefficient (Wildman–Crippen LogP) is 1.48. The number of benzene rings is 1. The molecule has 5 nitrogen and oxygen atoms in total. The molecule has 0 bridgehead atoms. The Labute approximate surface area is 113 Å². The van der Waals surface area contributed by atoms with Crippen LogP contribution in [0, 0.1) is 0 Å². The molecule has 0 aliphatic heterocycles. The summed E-state index contributed by atoms with van der Waals surface area (Å²) < 4.78 is 10.1. The lowest BCUT2D eigenvalue weighted by molar-refractivity contribution is -0.142. The number of hydrogen-bond donors (Lipinski definition) is 0. The van der Waals surface area contributed by atoms with E-state index >= 15 is 0 Å². The zero-order valence-electron chi connectivity index (χ0n) is 11.5. The number of para-hydroxylation sites is 1. The van der Waals surface area contributed by atoms with Crippen molar-refractivity contribution in [2.45, 2.75) is 19.4 Å². The van der Waals surface area contributed by atoms with Crippen LogP contribution in [0.5, 0.6) is 5.75 Å². The van der Waals surface area contributed by atoms with Gasteiger partial charge < -0.3 is 14.4 Å². The van der Waals surface area contributed by atoms with Gasteiger partial charge in [0.25, 0.3) is 5.91 Å². The van der Waals surface area contributed by atoms with Crippen molar-refractivity contribution in [2.75, 3.05) is 20.7 Å². The fourth-order valence-corrected chi connectivity index (χ4v) is 1.54. The molecule has 0 saturated heterocycles. The molecule has 0 saturated carbocycles. The van der Waals surface area contributed by atoms with Gasteiger partial charge in [0.2, 0.25) is 0 Å². The molecule has 1 atom stereocenters. The molecule has 5 heteroatoms. The number of methoxy groups -OCH3 is 1. The van der Waals surface area contributed by atoms with E-state index in [-0.39, 0.29) is 18.3 Å². The van der Waals surface area contributed by atoms with Gasteiger partial charge in [0.1, 0.15) is 5.75 Å². The molecule has 0 aromatic heterocycles. The fraction of sp³-hybridized carbons (Fsp3) is 0.429. The SMILES string of the molecule is COC(=O)CCN(C)C(=O)C(C)Oc1ccccc1. The van der Waals surface area contributed by atoms with Crippen molar-refractivity contribution in [3.8, 4) is 5.75 Å². The second kappa shape index (κ2) is 7.41. The minimum absolute atomic E-state index is 0.173. The van der Waals surface area contributed by atoms with Gasteiger partial charge in [-0.1, -0.05) is 18.2 Å². The molecular formula is C14H19NO4. The quantitative estimate of drug-likeness (QED) is 0.731. The Morgan fingerprint density at radius 2 is 1.89 bits per heavy atom. The van der Waals surface area contributed by atoms with Gasteiger partial charge in [-0.15, -0.1) is 0 Å². The maximum Gasteiger partial charge on any atom is 0.307 e. The first-order chi connectivity index (χ1) is 9.04. The summed E-state index contributed by atoms with van der Waals surface area (Å²) in [5.74, 6) is 0.133. The molecule has 0 N–H and O–H groups in total. The Bertz CT molecular complexity index is 419. The van der Waals surface area contributed by atoms with Crippen LogP contribution in [0.1, 0.15) is 13.3 Å². The standard InChI is InChI=1S/C14H19NO4/c1-11(19-12-7-5-4-6-8-12)14(17)15(2)10-9-13(16)18-3/h4-8,11H,9-10H2,1-3H3. The third kappa shape index (κ3) is 4.99. The van der Waals surface area contributed by atoms with E-state index in [0.29, 0.717) is 12.3 Å². The molecule has 19 heavy (non-hydrogen) atoms. The summed E-state index contributed by atoms with van der Waals surface area (Å²) in [6.45, 7) is 2.00. The number of amides is 1. The van der Waals surface area contributed by atoms with Crippen LogP contribution in [-0.2, 0) is 14.3 Å². The molecule has 0 radical (unpaired) electrons. The van der Waals surface area contributed by atoms with E-state index < -0.39 is 6.10 Å². The van der Waals surface area contributed by atoms with Crippen molar-refractivity contribution in [3.63, 3.8) is 0 Å². The van der Waals surface area contributed by atoms with Crippen molar-refractivity contribution >= 4 is 11.9 Å². The van der Waals surface area contributed by atoms with E-state index in [2.05, 4.69) is 4.74 Å². The molecule has 0 heterocycles. The van der Waals surface area contributed by atoms with Gasteiger partial charge >= 0.3 is 5.97 Å².